The summed E-state index contributed by atoms with van der Waals surface area (Å²) in [4.78, 5) is 2.30. The number of ether oxygens (including phenoxy) is 2. The van der Waals surface area contributed by atoms with Gasteiger partial charge in [-0.25, -0.2) is 0 Å². The Morgan fingerprint density at radius 2 is 2.09 bits per heavy atom. The Balaban J connectivity index is 1.61. The summed E-state index contributed by atoms with van der Waals surface area (Å²) in [5, 5.41) is 10.9. The van der Waals surface area contributed by atoms with Crippen LogP contribution in [0.3, 0.4) is 0 Å². The first-order valence-electron chi connectivity index (χ1n) is 7.83. The molecular weight excluding hydrogens is 304 g/mol. The molecule has 1 unspecified atom stereocenters. The Kier molecular flexibility index (Phi) is 5.21. The van der Waals surface area contributed by atoms with E-state index in [-0.39, 0.29) is 12.1 Å². The van der Waals surface area contributed by atoms with Crippen molar-refractivity contribution < 1.29 is 14.6 Å². The Hall–Kier alpha value is -0.850. The first kappa shape index (κ1) is 16.0. The summed E-state index contributed by atoms with van der Waals surface area (Å²) in [6.07, 6.45) is 1.78. The first-order chi connectivity index (χ1) is 10.6. The van der Waals surface area contributed by atoms with E-state index >= 15 is 0 Å². The van der Waals surface area contributed by atoms with Gasteiger partial charge in [-0.3, -0.25) is 0 Å². The minimum Gasteiger partial charge on any atom is -0.484 e. The van der Waals surface area contributed by atoms with Gasteiger partial charge in [-0.2, -0.15) is 0 Å². The van der Waals surface area contributed by atoms with Gasteiger partial charge in [-0.15, -0.1) is 0 Å². The third-order valence-corrected chi connectivity index (χ3v) is 4.57. The maximum atomic E-state index is 10.4. The molecule has 1 aromatic carbocycles. The molecule has 2 aliphatic heterocycles. The van der Waals surface area contributed by atoms with E-state index in [2.05, 4.69) is 4.90 Å². The quantitative estimate of drug-likeness (QED) is 0.830. The molecule has 0 radical (unpaired) electrons. The lowest BCUT2D eigenvalue weighted by Gasteiger charge is -2.28. The molecule has 0 aliphatic carbocycles. The molecule has 2 heterocycles. The molecule has 0 aromatic heterocycles. The van der Waals surface area contributed by atoms with Crippen LogP contribution in [0.4, 0.5) is 0 Å². The fraction of sp³-hybridized carbons (Fsp3) is 0.625. The number of halogens is 1. The largest absolute Gasteiger partial charge is 0.484 e. The number of hydrogen-bond donors (Lipinski definition) is 2. The van der Waals surface area contributed by atoms with Crippen molar-refractivity contribution in [2.75, 3.05) is 32.8 Å². The number of hydrogen-bond acceptors (Lipinski definition) is 5. The van der Waals surface area contributed by atoms with E-state index in [1.54, 1.807) is 12.1 Å². The molecule has 0 spiro atoms. The highest BCUT2D eigenvalue weighted by Gasteiger charge is 2.24. The lowest BCUT2D eigenvalue weighted by molar-refractivity contribution is -0.0796. The molecule has 22 heavy (non-hydrogen) atoms. The fourth-order valence-electron chi connectivity index (χ4n) is 2.87. The first-order valence-corrected chi connectivity index (χ1v) is 8.21. The van der Waals surface area contributed by atoms with Gasteiger partial charge in [0, 0.05) is 12.6 Å². The average Bonchev–Trinajstić information content (AvgIpc) is 2.96. The molecule has 6 heteroatoms. The van der Waals surface area contributed by atoms with Crippen LogP contribution >= 0.6 is 11.6 Å². The molecule has 1 aromatic rings. The van der Waals surface area contributed by atoms with E-state index in [0.717, 1.165) is 18.7 Å². The zero-order valence-electron chi connectivity index (χ0n) is 12.6. The number of benzene rings is 1. The Morgan fingerprint density at radius 3 is 2.68 bits per heavy atom. The van der Waals surface area contributed by atoms with Crippen LogP contribution in [0.15, 0.2) is 18.2 Å². The van der Waals surface area contributed by atoms with Crippen LogP contribution in [0.1, 0.15) is 24.5 Å². The molecule has 2 aliphatic rings. The molecule has 2 saturated heterocycles. The van der Waals surface area contributed by atoms with Gasteiger partial charge in [-0.1, -0.05) is 17.7 Å². The summed E-state index contributed by atoms with van der Waals surface area (Å²) < 4.78 is 10.8. The van der Waals surface area contributed by atoms with Crippen LogP contribution in [0, 0.1) is 0 Å². The van der Waals surface area contributed by atoms with Gasteiger partial charge in [0.15, 0.2) is 0 Å². The molecule has 2 atom stereocenters. The van der Waals surface area contributed by atoms with E-state index in [4.69, 9.17) is 26.8 Å². The number of rotatable bonds is 6. The van der Waals surface area contributed by atoms with Crippen LogP contribution in [0.25, 0.3) is 0 Å². The van der Waals surface area contributed by atoms with Crippen molar-refractivity contribution in [1.82, 2.24) is 4.90 Å². The standard InChI is InChI=1S/C16H23ClN2O3/c17-13-7-11(3-4-15(13)22-12-9-21-10-12)16(20)14(18)8-19-5-1-2-6-19/h3-4,7,12,14,16,20H,1-2,5-6,8-10,18H2/t14-,16?/m1/s1. The Bertz CT molecular complexity index is 504. The molecule has 0 bridgehead atoms. The van der Waals surface area contributed by atoms with Gasteiger partial charge in [0.25, 0.3) is 0 Å². The molecule has 0 saturated carbocycles. The average molecular weight is 327 g/mol. The minimum absolute atomic E-state index is 0.0747. The SMILES string of the molecule is N[C@H](CN1CCCC1)C(O)c1ccc(OC2COC2)c(Cl)c1. The van der Waals surface area contributed by atoms with Gasteiger partial charge >= 0.3 is 0 Å². The van der Waals surface area contributed by atoms with Crippen LogP contribution < -0.4 is 10.5 Å². The summed E-state index contributed by atoms with van der Waals surface area (Å²) in [7, 11) is 0. The van der Waals surface area contributed by atoms with E-state index in [1.165, 1.54) is 12.8 Å². The predicted molar refractivity (Wildman–Crippen MR) is 85.3 cm³/mol. The number of nitrogens with two attached hydrogens (primary N) is 1. The highest BCUT2D eigenvalue weighted by Crippen LogP contribution is 2.30. The second-order valence-electron chi connectivity index (χ2n) is 6.08. The summed E-state index contributed by atoms with van der Waals surface area (Å²) >= 11 is 6.25. The van der Waals surface area contributed by atoms with Gasteiger partial charge in [-0.05, 0) is 43.6 Å². The topological polar surface area (TPSA) is 68.0 Å². The highest BCUT2D eigenvalue weighted by molar-refractivity contribution is 6.32. The van der Waals surface area contributed by atoms with Crippen molar-refractivity contribution in [1.29, 1.82) is 0 Å². The summed E-state index contributed by atoms with van der Waals surface area (Å²) in [6.45, 7) is 4.04. The van der Waals surface area contributed by atoms with Gasteiger partial charge in [0.2, 0.25) is 0 Å². The van der Waals surface area contributed by atoms with Crippen molar-refractivity contribution in [2.45, 2.75) is 31.1 Å². The molecular formula is C16H23ClN2O3. The lowest BCUT2D eigenvalue weighted by atomic mass is 10.0. The third kappa shape index (κ3) is 3.73. The van der Waals surface area contributed by atoms with Crippen LogP contribution in [-0.4, -0.2) is 55.0 Å². The van der Waals surface area contributed by atoms with Crippen molar-refractivity contribution >= 4 is 11.6 Å². The van der Waals surface area contributed by atoms with Crippen LogP contribution in [-0.2, 0) is 4.74 Å². The predicted octanol–water partition coefficient (Wildman–Crippen LogP) is 1.57. The molecule has 2 fully saturated rings. The maximum absolute atomic E-state index is 10.4. The smallest absolute Gasteiger partial charge is 0.145 e. The van der Waals surface area contributed by atoms with Crippen LogP contribution in [0.5, 0.6) is 5.75 Å². The Labute approximate surface area is 135 Å². The number of likely N-dealkylation sites (tertiary alicyclic amines) is 1. The fourth-order valence-corrected chi connectivity index (χ4v) is 3.10. The van der Waals surface area contributed by atoms with E-state index in [1.807, 2.05) is 6.07 Å². The molecule has 3 N–H and O–H groups in total. The highest BCUT2D eigenvalue weighted by atomic mass is 35.5. The monoisotopic (exact) mass is 326 g/mol. The zero-order chi connectivity index (χ0) is 15.5. The lowest BCUT2D eigenvalue weighted by Crippen LogP contribution is -2.40. The van der Waals surface area contributed by atoms with E-state index in [9.17, 15) is 5.11 Å². The summed E-state index contributed by atoms with van der Waals surface area (Å²) in [5.41, 5.74) is 6.88. The minimum atomic E-state index is -0.723. The number of aliphatic hydroxyl groups excluding tert-OH is 1. The van der Waals surface area contributed by atoms with Crippen molar-refractivity contribution in [3.05, 3.63) is 28.8 Å². The third-order valence-electron chi connectivity index (χ3n) is 4.27. The van der Waals surface area contributed by atoms with E-state index in [0.29, 0.717) is 30.5 Å². The molecule has 0 amide bonds. The van der Waals surface area contributed by atoms with Crippen LogP contribution in [0.2, 0.25) is 5.02 Å². The maximum Gasteiger partial charge on any atom is 0.145 e. The van der Waals surface area contributed by atoms with Gasteiger partial charge in [0.1, 0.15) is 11.9 Å². The Morgan fingerprint density at radius 1 is 1.36 bits per heavy atom. The van der Waals surface area contributed by atoms with Gasteiger partial charge in [0.05, 0.1) is 24.3 Å². The van der Waals surface area contributed by atoms with Gasteiger partial charge < -0.3 is 25.2 Å². The zero-order valence-corrected chi connectivity index (χ0v) is 13.3. The van der Waals surface area contributed by atoms with Crippen molar-refractivity contribution in [3.63, 3.8) is 0 Å². The summed E-state index contributed by atoms with van der Waals surface area (Å²) in [5.74, 6) is 0.624. The summed E-state index contributed by atoms with van der Waals surface area (Å²) in [6, 6.07) is 5.04. The second-order valence-corrected chi connectivity index (χ2v) is 6.49. The second kappa shape index (κ2) is 7.15. The van der Waals surface area contributed by atoms with Crippen molar-refractivity contribution in [3.8, 4) is 5.75 Å². The number of aliphatic hydroxyl groups is 1. The van der Waals surface area contributed by atoms with Crippen molar-refractivity contribution in [2.24, 2.45) is 5.73 Å². The molecule has 3 rings (SSSR count). The number of nitrogens with zero attached hydrogens (tertiary/aromatic N) is 1. The molecule has 5 nitrogen and oxygen atoms in total. The molecule has 122 valence electrons. The normalized spacial score (nSPS) is 22.3. The van der Waals surface area contributed by atoms with E-state index < -0.39 is 6.10 Å².